The van der Waals surface area contributed by atoms with Gasteiger partial charge in [0.2, 0.25) is 5.91 Å². The highest BCUT2D eigenvalue weighted by Gasteiger charge is 2.43. The van der Waals surface area contributed by atoms with Gasteiger partial charge in [0.05, 0.1) is 23.6 Å². The SMILES string of the molecule is Cc1c(-c2cc3cc(NC(=O)[C@H]4CC4C#N)ncc3c(N)n2)cncc1C(F)F. The van der Waals surface area contributed by atoms with Crippen LogP contribution in [0.25, 0.3) is 22.0 Å². The minimum Gasteiger partial charge on any atom is -0.383 e. The van der Waals surface area contributed by atoms with Crippen molar-refractivity contribution in [3.63, 3.8) is 0 Å². The number of nitrogens with two attached hydrogens (primary N) is 1. The average molecular weight is 394 g/mol. The largest absolute Gasteiger partial charge is 0.383 e. The van der Waals surface area contributed by atoms with Crippen molar-refractivity contribution in [2.75, 3.05) is 11.1 Å². The lowest BCUT2D eigenvalue weighted by Crippen LogP contribution is -2.15. The Hall–Kier alpha value is -3.67. The Bertz CT molecular complexity index is 1170. The van der Waals surface area contributed by atoms with Crippen molar-refractivity contribution in [1.82, 2.24) is 15.0 Å². The third-order valence-electron chi connectivity index (χ3n) is 5.05. The summed E-state index contributed by atoms with van der Waals surface area (Å²) in [5, 5.41) is 12.8. The van der Waals surface area contributed by atoms with Gasteiger partial charge in [0, 0.05) is 35.1 Å². The second kappa shape index (κ2) is 7.05. The van der Waals surface area contributed by atoms with E-state index in [1.807, 2.05) is 0 Å². The molecule has 0 saturated heterocycles. The first-order valence-electron chi connectivity index (χ1n) is 8.88. The second-order valence-corrected chi connectivity index (χ2v) is 6.95. The number of hydrogen-bond donors (Lipinski definition) is 2. The topological polar surface area (TPSA) is 118 Å². The summed E-state index contributed by atoms with van der Waals surface area (Å²) in [5.41, 5.74) is 7.11. The average Bonchev–Trinajstić information content (AvgIpc) is 3.47. The predicted molar refractivity (Wildman–Crippen MR) is 103 cm³/mol. The van der Waals surface area contributed by atoms with Crippen molar-refractivity contribution in [2.24, 2.45) is 11.8 Å². The molecule has 7 nitrogen and oxygen atoms in total. The van der Waals surface area contributed by atoms with Crippen LogP contribution in [0.5, 0.6) is 0 Å². The van der Waals surface area contributed by atoms with Gasteiger partial charge in [0.1, 0.15) is 11.6 Å². The standard InChI is InChI=1S/C20H16F2N6O/c1-9-13(6-25-7-14(9)18(21)22)16-3-10-4-17(26-8-15(10)19(24)27-16)28-20(29)12-2-11(12)5-23/h3-4,6-8,11-12,18H,2H2,1H3,(H2,24,27)(H,26,28,29)/t11?,12-/m0/s1. The van der Waals surface area contributed by atoms with E-state index in [2.05, 4.69) is 26.3 Å². The Morgan fingerprint density at radius 2 is 2.14 bits per heavy atom. The van der Waals surface area contributed by atoms with E-state index in [0.29, 0.717) is 39.8 Å². The number of nitrogens with zero attached hydrogens (tertiary/aromatic N) is 4. The van der Waals surface area contributed by atoms with Crippen LogP contribution in [-0.4, -0.2) is 20.9 Å². The van der Waals surface area contributed by atoms with Gasteiger partial charge in [0.25, 0.3) is 6.43 Å². The molecule has 146 valence electrons. The van der Waals surface area contributed by atoms with Crippen LogP contribution in [0, 0.1) is 30.1 Å². The Labute approximate surface area is 164 Å². The number of rotatable bonds is 4. The van der Waals surface area contributed by atoms with E-state index in [4.69, 9.17) is 11.0 Å². The molecule has 1 aliphatic carbocycles. The Morgan fingerprint density at radius 1 is 1.34 bits per heavy atom. The van der Waals surface area contributed by atoms with Gasteiger partial charge in [0.15, 0.2) is 0 Å². The highest BCUT2D eigenvalue weighted by Crippen LogP contribution is 2.38. The van der Waals surface area contributed by atoms with Crippen LogP contribution in [0.15, 0.2) is 30.7 Å². The number of nitriles is 1. The maximum atomic E-state index is 13.2. The summed E-state index contributed by atoms with van der Waals surface area (Å²) in [6.07, 6.45) is 1.99. The number of aromatic nitrogens is 3. The zero-order valence-electron chi connectivity index (χ0n) is 15.4. The lowest BCUT2D eigenvalue weighted by molar-refractivity contribution is -0.117. The molecule has 3 aromatic rings. The molecule has 9 heteroatoms. The first-order valence-corrected chi connectivity index (χ1v) is 8.88. The number of nitrogen functional groups attached to an aromatic ring is 1. The van der Waals surface area contributed by atoms with Crippen LogP contribution in [-0.2, 0) is 4.79 Å². The number of amides is 1. The van der Waals surface area contributed by atoms with Crippen molar-refractivity contribution >= 4 is 28.3 Å². The van der Waals surface area contributed by atoms with E-state index >= 15 is 0 Å². The molecule has 2 atom stereocenters. The molecule has 1 saturated carbocycles. The van der Waals surface area contributed by atoms with Crippen LogP contribution in [0.4, 0.5) is 20.4 Å². The minimum absolute atomic E-state index is 0.165. The third kappa shape index (κ3) is 3.45. The molecule has 1 amide bonds. The molecule has 3 aromatic heterocycles. The lowest BCUT2D eigenvalue weighted by atomic mass is 10.0. The van der Waals surface area contributed by atoms with Crippen molar-refractivity contribution in [2.45, 2.75) is 19.8 Å². The van der Waals surface area contributed by atoms with E-state index in [1.54, 1.807) is 19.1 Å². The number of fused-ring (bicyclic) bond motifs is 1. The molecule has 0 radical (unpaired) electrons. The van der Waals surface area contributed by atoms with Crippen LogP contribution in [0.3, 0.4) is 0 Å². The summed E-state index contributed by atoms with van der Waals surface area (Å²) < 4.78 is 26.4. The summed E-state index contributed by atoms with van der Waals surface area (Å²) in [5.74, 6) is -0.313. The van der Waals surface area contributed by atoms with Gasteiger partial charge < -0.3 is 11.1 Å². The van der Waals surface area contributed by atoms with Crippen LogP contribution >= 0.6 is 0 Å². The first kappa shape index (κ1) is 18.7. The van der Waals surface area contributed by atoms with Crippen LogP contribution < -0.4 is 11.1 Å². The molecule has 0 spiro atoms. The van der Waals surface area contributed by atoms with Crippen molar-refractivity contribution in [3.05, 3.63) is 41.9 Å². The molecular formula is C20H16F2N6O. The Morgan fingerprint density at radius 3 is 2.83 bits per heavy atom. The highest BCUT2D eigenvalue weighted by molar-refractivity contribution is 5.98. The maximum absolute atomic E-state index is 13.2. The van der Waals surface area contributed by atoms with Crippen molar-refractivity contribution in [3.8, 4) is 17.3 Å². The zero-order chi connectivity index (χ0) is 20.7. The lowest BCUT2D eigenvalue weighted by Gasteiger charge is -2.12. The molecule has 29 heavy (non-hydrogen) atoms. The molecule has 0 aromatic carbocycles. The van der Waals surface area contributed by atoms with Crippen molar-refractivity contribution < 1.29 is 13.6 Å². The Balaban J connectivity index is 1.72. The summed E-state index contributed by atoms with van der Waals surface area (Å²) in [4.78, 5) is 24.5. The van der Waals surface area contributed by atoms with E-state index in [9.17, 15) is 13.6 Å². The summed E-state index contributed by atoms with van der Waals surface area (Å²) in [7, 11) is 0. The van der Waals surface area contributed by atoms with Gasteiger partial charge in [-0.25, -0.2) is 18.7 Å². The number of halogens is 2. The number of anilines is 2. The molecule has 1 aliphatic rings. The first-order chi connectivity index (χ1) is 13.9. The Kier molecular flexibility index (Phi) is 4.54. The molecule has 0 bridgehead atoms. The van der Waals surface area contributed by atoms with Gasteiger partial charge in [-0.3, -0.25) is 9.78 Å². The maximum Gasteiger partial charge on any atom is 0.265 e. The number of carbonyl (C=O) groups excluding carboxylic acids is 1. The molecule has 0 aliphatic heterocycles. The fourth-order valence-electron chi connectivity index (χ4n) is 3.25. The van der Waals surface area contributed by atoms with Crippen LogP contribution in [0.2, 0.25) is 0 Å². The monoisotopic (exact) mass is 394 g/mol. The van der Waals surface area contributed by atoms with E-state index in [-0.39, 0.29) is 29.1 Å². The quantitative estimate of drug-likeness (QED) is 0.698. The summed E-state index contributed by atoms with van der Waals surface area (Å²) >= 11 is 0. The normalized spacial score (nSPS) is 17.9. The van der Waals surface area contributed by atoms with E-state index < -0.39 is 6.43 Å². The molecule has 3 heterocycles. The van der Waals surface area contributed by atoms with Gasteiger partial charge in [-0.1, -0.05) is 0 Å². The fraction of sp³-hybridized carbons (Fsp3) is 0.250. The number of hydrogen-bond acceptors (Lipinski definition) is 6. The fourth-order valence-corrected chi connectivity index (χ4v) is 3.25. The molecule has 1 unspecified atom stereocenters. The van der Waals surface area contributed by atoms with Gasteiger partial charge >= 0.3 is 0 Å². The molecular weight excluding hydrogens is 378 g/mol. The van der Waals surface area contributed by atoms with Crippen molar-refractivity contribution in [1.29, 1.82) is 5.26 Å². The molecule has 3 N–H and O–H groups in total. The number of alkyl halides is 2. The van der Waals surface area contributed by atoms with E-state index in [0.717, 1.165) is 6.20 Å². The van der Waals surface area contributed by atoms with E-state index in [1.165, 1.54) is 12.4 Å². The van der Waals surface area contributed by atoms with Gasteiger partial charge in [-0.15, -0.1) is 0 Å². The second-order valence-electron chi connectivity index (χ2n) is 6.95. The minimum atomic E-state index is -2.65. The number of pyridine rings is 3. The number of carbonyl (C=O) groups is 1. The van der Waals surface area contributed by atoms with Gasteiger partial charge in [-0.2, -0.15) is 5.26 Å². The third-order valence-corrected chi connectivity index (χ3v) is 5.05. The molecule has 4 rings (SSSR count). The highest BCUT2D eigenvalue weighted by atomic mass is 19.3. The van der Waals surface area contributed by atoms with Crippen LogP contribution in [0.1, 0.15) is 24.0 Å². The molecule has 1 fully saturated rings. The zero-order valence-corrected chi connectivity index (χ0v) is 15.4. The smallest absolute Gasteiger partial charge is 0.265 e. The van der Waals surface area contributed by atoms with Gasteiger partial charge in [-0.05, 0) is 36.4 Å². The summed E-state index contributed by atoms with van der Waals surface area (Å²) in [6, 6.07) is 5.40. The predicted octanol–water partition coefficient (Wildman–Crippen LogP) is 3.62. The summed E-state index contributed by atoms with van der Waals surface area (Å²) in [6.45, 7) is 1.58. The number of nitrogens with one attached hydrogen (secondary N) is 1.